The van der Waals surface area contributed by atoms with Crippen molar-refractivity contribution in [2.45, 2.75) is 36.3 Å². The minimum absolute atomic E-state index is 0.0666. The molecule has 1 saturated heterocycles. The van der Waals surface area contributed by atoms with Crippen LogP contribution in [0.25, 0.3) is 0 Å². The molecule has 3 aromatic rings. The fraction of sp³-hybridized carbons (Fsp3) is 0.200. The number of aromatic nitrogens is 1. The van der Waals surface area contributed by atoms with Crippen molar-refractivity contribution in [3.05, 3.63) is 84.2 Å². The molecule has 1 aliphatic rings. The molecule has 7 nitrogen and oxygen atoms in total. The van der Waals surface area contributed by atoms with E-state index in [1.165, 1.54) is 41.6 Å². The van der Waals surface area contributed by atoms with Crippen LogP contribution in [0.2, 0.25) is 0 Å². The molecule has 3 amide bonds. The van der Waals surface area contributed by atoms with Crippen LogP contribution < -0.4 is 9.64 Å². The van der Waals surface area contributed by atoms with Crippen LogP contribution in [0.3, 0.4) is 0 Å². The molecule has 2 aromatic carbocycles. The van der Waals surface area contributed by atoms with E-state index in [0.29, 0.717) is 11.1 Å². The van der Waals surface area contributed by atoms with Crippen LogP contribution in [-0.4, -0.2) is 38.8 Å². The van der Waals surface area contributed by atoms with E-state index < -0.39 is 29.0 Å². The van der Waals surface area contributed by atoms with Gasteiger partial charge in [-0.2, -0.15) is 13.2 Å². The van der Waals surface area contributed by atoms with Crippen molar-refractivity contribution < 1.29 is 32.3 Å². The van der Waals surface area contributed by atoms with Crippen LogP contribution in [0.4, 0.5) is 23.7 Å². The van der Waals surface area contributed by atoms with Crippen LogP contribution in [0.15, 0.2) is 78.0 Å². The first-order valence-electron chi connectivity index (χ1n) is 10.7. The van der Waals surface area contributed by atoms with Crippen LogP contribution in [0.5, 0.6) is 5.75 Å². The smallest absolute Gasteiger partial charge is 0.421 e. The fourth-order valence-electron chi connectivity index (χ4n) is 3.66. The Labute approximate surface area is 208 Å². The molecule has 186 valence electrons. The zero-order chi connectivity index (χ0) is 26.1. The number of urea groups is 1. The number of esters is 1. The summed E-state index contributed by atoms with van der Waals surface area (Å²) in [6.45, 7) is 3.06. The maximum absolute atomic E-state index is 13.3. The lowest BCUT2D eigenvalue weighted by molar-refractivity contribution is -0.123. The molecule has 0 saturated carbocycles. The number of pyridine rings is 1. The second-order valence-corrected chi connectivity index (χ2v) is 9.49. The Balaban J connectivity index is 1.57. The van der Waals surface area contributed by atoms with E-state index >= 15 is 0 Å². The lowest BCUT2D eigenvalue weighted by atomic mass is 10.0. The van der Waals surface area contributed by atoms with Crippen molar-refractivity contribution in [1.82, 2.24) is 9.88 Å². The molecule has 0 atom stereocenters. The number of hydrogen-bond donors (Lipinski definition) is 0. The third kappa shape index (κ3) is 5.20. The van der Waals surface area contributed by atoms with Gasteiger partial charge in [0.1, 0.15) is 5.54 Å². The minimum atomic E-state index is -4.45. The maximum atomic E-state index is 13.3. The quantitative estimate of drug-likeness (QED) is 0.240. The van der Waals surface area contributed by atoms with Crippen molar-refractivity contribution in [3.63, 3.8) is 0 Å². The van der Waals surface area contributed by atoms with Crippen LogP contribution >= 0.6 is 11.8 Å². The Morgan fingerprint density at radius 1 is 1.03 bits per heavy atom. The number of nitrogens with zero attached hydrogens (tertiary/aromatic N) is 3. The van der Waals surface area contributed by atoms with E-state index in [1.807, 2.05) is 0 Å². The van der Waals surface area contributed by atoms with Crippen LogP contribution in [0.1, 0.15) is 29.8 Å². The van der Waals surface area contributed by atoms with E-state index in [1.54, 1.807) is 50.2 Å². The SMILES string of the molecule is CC1(C)C(=O)N(c2ccc(SC(F)(F)F)cc2)C(=O)N1Cc1ccncc1OC(=O)c1ccccc1. The molecular formula is C25H20F3N3O4S. The van der Waals surface area contributed by atoms with E-state index in [4.69, 9.17) is 4.74 Å². The van der Waals surface area contributed by atoms with Gasteiger partial charge in [0.25, 0.3) is 5.91 Å². The molecule has 2 heterocycles. The molecule has 0 bridgehead atoms. The van der Waals surface area contributed by atoms with Gasteiger partial charge in [-0.3, -0.25) is 9.78 Å². The number of carbonyl (C=O) groups excluding carboxylic acids is 3. The molecule has 0 unspecified atom stereocenters. The molecule has 0 spiro atoms. The molecule has 1 aromatic heterocycles. The first-order valence-corrected chi connectivity index (χ1v) is 11.5. The van der Waals surface area contributed by atoms with E-state index in [0.717, 1.165) is 4.90 Å². The average Bonchev–Trinajstić information content (AvgIpc) is 2.99. The summed E-state index contributed by atoms with van der Waals surface area (Å²) < 4.78 is 43.4. The predicted octanol–water partition coefficient (Wildman–Crippen LogP) is 5.66. The van der Waals surface area contributed by atoms with Gasteiger partial charge in [-0.1, -0.05) is 18.2 Å². The molecular weight excluding hydrogens is 495 g/mol. The normalized spacial score (nSPS) is 15.4. The highest BCUT2D eigenvalue weighted by Crippen LogP contribution is 2.39. The topological polar surface area (TPSA) is 79.8 Å². The molecule has 4 rings (SSSR count). The van der Waals surface area contributed by atoms with Gasteiger partial charge in [0, 0.05) is 16.7 Å². The zero-order valence-corrected chi connectivity index (χ0v) is 20.0. The summed E-state index contributed by atoms with van der Waals surface area (Å²) in [7, 11) is 0. The van der Waals surface area contributed by atoms with Gasteiger partial charge in [-0.25, -0.2) is 14.5 Å². The molecule has 1 aliphatic heterocycles. The van der Waals surface area contributed by atoms with Gasteiger partial charge < -0.3 is 9.64 Å². The summed E-state index contributed by atoms with van der Waals surface area (Å²) in [5, 5.41) is 0. The molecule has 0 aliphatic carbocycles. The van der Waals surface area contributed by atoms with Gasteiger partial charge in [-0.05, 0) is 68.1 Å². The highest BCUT2D eigenvalue weighted by molar-refractivity contribution is 8.00. The van der Waals surface area contributed by atoms with Crippen molar-refractivity contribution >= 4 is 35.4 Å². The second-order valence-electron chi connectivity index (χ2n) is 8.35. The van der Waals surface area contributed by atoms with E-state index in [-0.39, 0.29) is 34.6 Å². The van der Waals surface area contributed by atoms with Crippen molar-refractivity contribution in [2.24, 2.45) is 0 Å². The Bertz CT molecular complexity index is 1300. The fourth-order valence-corrected chi connectivity index (χ4v) is 4.20. The van der Waals surface area contributed by atoms with E-state index in [9.17, 15) is 27.6 Å². The third-order valence-electron chi connectivity index (χ3n) is 5.56. The number of amides is 3. The number of anilines is 1. The van der Waals surface area contributed by atoms with Gasteiger partial charge in [0.15, 0.2) is 5.75 Å². The highest BCUT2D eigenvalue weighted by Gasteiger charge is 2.52. The lowest BCUT2D eigenvalue weighted by Crippen LogP contribution is -2.43. The predicted molar refractivity (Wildman–Crippen MR) is 126 cm³/mol. The molecule has 0 N–H and O–H groups in total. The molecule has 36 heavy (non-hydrogen) atoms. The summed E-state index contributed by atoms with van der Waals surface area (Å²) in [6, 6.07) is 14.3. The molecule has 0 radical (unpaired) electrons. The monoisotopic (exact) mass is 515 g/mol. The Kier molecular flexibility index (Phi) is 6.77. The first-order chi connectivity index (χ1) is 17.0. The maximum Gasteiger partial charge on any atom is 0.446 e. The standard InChI is InChI=1S/C25H20F3N3O4S/c1-24(2)22(33)31(18-8-10-19(11-9-18)36-25(26,27)28)23(34)30(24)15-17-12-13-29-14-20(17)35-21(32)16-6-4-3-5-7-16/h3-14H,15H2,1-2H3. The summed E-state index contributed by atoms with van der Waals surface area (Å²) in [5.41, 5.74) is -4.80. The van der Waals surface area contributed by atoms with Gasteiger partial charge in [-0.15, -0.1) is 0 Å². The number of halogens is 3. The zero-order valence-electron chi connectivity index (χ0n) is 19.2. The van der Waals surface area contributed by atoms with Gasteiger partial charge in [0.2, 0.25) is 0 Å². The Hall–Kier alpha value is -3.86. The van der Waals surface area contributed by atoms with Crippen molar-refractivity contribution in [3.8, 4) is 5.75 Å². The summed E-state index contributed by atoms with van der Waals surface area (Å²) >= 11 is -0.286. The number of hydrogen-bond acceptors (Lipinski definition) is 6. The third-order valence-corrected chi connectivity index (χ3v) is 6.30. The second kappa shape index (κ2) is 9.65. The number of imide groups is 1. The number of rotatable bonds is 6. The highest BCUT2D eigenvalue weighted by atomic mass is 32.2. The first kappa shape index (κ1) is 25.2. The summed E-state index contributed by atoms with van der Waals surface area (Å²) in [5.74, 6) is -1.01. The number of alkyl halides is 3. The Morgan fingerprint density at radius 3 is 2.33 bits per heavy atom. The summed E-state index contributed by atoms with van der Waals surface area (Å²) in [6.07, 6.45) is 2.82. The van der Waals surface area contributed by atoms with Crippen molar-refractivity contribution in [2.75, 3.05) is 4.90 Å². The average molecular weight is 516 g/mol. The van der Waals surface area contributed by atoms with Crippen LogP contribution in [-0.2, 0) is 11.3 Å². The van der Waals surface area contributed by atoms with E-state index in [2.05, 4.69) is 4.98 Å². The minimum Gasteiger partial charge on any atom is -0.421 e. The largest absolute Gasteiger partial charge is 0.446 e. The number of benzene rings is 2. The number of ether oxygens (including phenoxy) is 1. The molecule has 11 heteroatoms. The number of carbonyl (C=O) groups is 3. The molecule has 1 fully saturated rings. The summed E-state index contributed by atoms with van der Waals surface area (Å²) in [4.78, 5) is 45.2. The lowest BCUT2D eigenvalue weighted by Gasteiger charge is -2.28. The Morgan fingerprint density at radius 2 is 1.69 bits per heavy atom. The van der Waals surface area contributed by atoms with Gasteiger partial charge in [0.05, 0.1) is 24.0 Å². The number of thioether (sulfide) groups is 1. The van der Waals surface area contributed by atoms with Crippen molar-refractivity contribution in [1.29, 1.82) is 0 Å². The van der Waals surface area contributed by atoms with Gasteiger partial charge >= 0.3 is 17.5 Å². The van der Waals surface area contributed by atoms with Crippen LogP contribution in [0, 0.1) is 0 Å².